The minimum absolute atomic E-state index is 0.00520. The van der Waals surface area contributed by atoms with E-state index in [9.17, 15) is 22.8 Å². The summed E-state index contributed by atoms with van der Waals surface area (Å²) < 4.78 is 48.2. The van der Waals surface area contributed by atoms with Crippen LogP contribution in [0, 0.1) is 17.6 Å². The highest BCUT2D eigenvalue weighted by Gasteiger charge is 2.41. The molecule has 1 unspecified atom stereocenters. The first-order valence-electron chi connectivity index (χ1n) is 10.9. The highest BCUT2D eigenvalue weighted by atomic mass is 35.5. The van der Waals surface area contributed by atoms with E-state index in [1.807, 2.05) is 4.90 Å². The minimum atomic E-state index is -1.63. The SMILES string of the molecule is CC(C(=O)c1nc(Cl)cc(O[C@@H](C)[C@@H]2C[C@@H](F)CN2C)n1)C(=O)C(C)(C)c1c(F)cccc1F. The molecule has 4 atom stereocenters. The Kier molecular flexibility index (Phi) is 7.67. The quantitative estimate of drug-likeness (QED) is 0.302. The average molecular weight is 498 g/mol. The zero-order valence-electron chi connectivity index (χ0n) is 19.6. The molecule has 1 aromatic carbocycles. The number of hydrogen-bond acceptors (Lipinski definition) is 6. The van der Waals surface area contributed by atoms with Gasteiger partial charge in [0.1, 0.15) is 29.1 Å². The van der Waals surface area contributed by atoms with Gasteiger partial charge in [0.05, 0.1) is 11.3 Å². The van der Waals surface area contributed by atoms with E-state index >= 15 is 0 Å². The number of alkyl halides is 1. The summed E-state index contributed by atoms with van der Waals surface area (Å²) in [5.74, 6) is -4.90. The first-order chi connectivity index (χ1) is 15.8. The summed E-state index contributed by atoms with van der Waals surface area (Å²) in [4.78, 5) is 36.1. The second-order valence-electron chi connectivity index (χ2n) is 9.19. The van der Waals surface area contributed by atoms with Crippen molar-refractivity contribution in [2.45, 2.75) is 57.8 Å². The predicted octanol–water partition coefficient (Wildman–Crippen LogP) is 4.58. The third kappa shape index (κ3) is 5.25. The smallest absolute Gasteiger partial charge is 0.218 e. The van der Waals surface area contributed by atoms with Gasteiger partial charge < -0.3 is 4.74 Å². The number of nitrogens with zero attached hydrogens (tertiary/aromatic N) is 3. The van der Waals surface area contributed by atoms with Gasteiger partial charge in [0.15, 0.2) is 5.78 Å². The van der Waals surface area contributed by atoms with Gasteiger partial charge in [-0.3, -0.25) is 14.5 Å². The molecule has 10 heteroatoms. The molecule has 1 aliphatic heterocycles. The van der Waals surface area contributed by atoms with Gasteiger partial charge in [-0.2, -0.15) is 4.98 Å². The van der Waals surface area contributed by atoms with Gasteiger partial charge in [-0.25, -0.2) is 18.2 Å². The lowest BCUT2D eigenvalue weighted by molar-refractivity contribution is -0.125. The molecule has 34 heavy (non-hydrogen) atoms. The number of rotatable bonds is 8. The molecule has 1 saturated heterocycles. The van der Waals surface area contributed by atoms with Crippen molar-refractivity contribution in [2.24, 2.45) is 5.92 Å². The monoisotopic (exact) mass is 497 g/mol. The molecule has 0 aliphatic carbocycles. The Hall–Kier alpha value is -2.52. The Bertz CT molecular complexity index is 1080. The molecule has 0 spiro atoms. The van der Waals surface area contributed by atoms with Gasteiger partial charge in [0, 0.05) is 24.2 Å². The number of ketones is 2. The molecular formula is C24H27ClF3N3O3. The number of aromatic nitrogens is 2. The van der Waals surface area contributed by atoms with E-state index in [4.69, 9.17) is 16.3 Å². The summed E-state index contributed by atoms with van der Waals surface area (Å²) in [6, 6.07) is 4.43. The molecule has 0 radical (unpaired) electrons. The van der Waals surface area contributed by atoms with Crippen LogP contribution in [0.3, 0.4) is 0 Å². The van der Waals surface area contributed by atoms with Crippen LogP contribution in [-0.2, 0) is 10.2 Å². The maximum atomic E-state index is 14.3. The van der Waals surface area contributed by atoms with Crippen LogP contribution in [0.1, 0.15) is 50.3 Å². The van der Waals surface area contributed by atoms with E-state index in [0.29, 0.717) is 13.0 Å². The standard InChI is InChI=1S/C24H27ClF3N3O3/c1-12(22(33)24(3,4)20-15(27)7-6-8-16(20)28)21(32)23-29-18(25)10-19(30-23)34-13(2)17-9-14(26)11-31(17)5/h6-8,10,12-14,17H,9,11H2,1-5H3/t12?,13-,14+,17-/m0/s1. The van der Waals surface area contributed by atoms with Crippen molar-refractivity contribution in [3.63, 3.8) is 0 Å². The largest absolute Gasteiger partial charge is 0.473 e. The summed E-state index contributed by atoms with van der Waals surface area (Å²) in [5, 5.41) is -0.0808. The summed E-state index contributed by atoms with van der Waals surface area (Å²) in [6.45, 7) is 6.09. The lowest BCUT2D eigenvalue weighted by Crippen LogP contribution is -2.39. The third-order valence-electron chi connectivity index (χ3n) is 6.28. The van der Waals surface area contributed by atoms with Crippen molar-refractivity contribution in [3.05, 3.63) is 52.4 Å². The van der Waals surface area contributed by atoms with Crippen LogP contribution in [-0.4, -0.2) is 58.3 Å². The van der Waals surface area contributed by atoms with E-state index in [1.54, 1.807) is 14.0 Å². The summed E-state index contributed by atoms with van der Waals surface area (Å²) >= 11 is 6.06. The number of ether oxygens (including phenoxy) is 1. The summed E-state index contributed by atoms with van der Waals surface area (Å²) in [6.07, 6.45) is -1.11. The van der Waals surface area contributed by atoms with Crippen LogP contribution in [0.5, 0.6) is 5.88 Å². The minimum Gasteiger partial charge on any atom is -0.473 e. The predicted molar refractivity (Wildman–Crippen MR) is 121 cm³/mol. The molecular weight excluding hydrogens is 471 g/mol. The van der Waals surface area contributed by atoms with Crippen molar-refractivity contribution in [3.8, 4) is 5.88 Å². The molecule has 1 fully saturated rings. The number of likely N-dealkylation sites (tertiary alicyclic amines) is 1. The number of hydrogen-bond donors (Lipinski definition) is 0. The van der Waals surface area contributed by atoms with E-state index in [1.165, 1.54) is 32.9 Å². The highest BCUT2D eigenvalue weighted by molar-refractivity contribution is 6.29. The van der Waals surface area contributed by atoms with Gasteiger partial charge in [0.2, 0.25) is 17.5 Å². The Labute approximate surface area is 201 Å². The molecule has 0 saturated carbocycles. The number of halogens is 4. The fourth-order valence-corrected chi connectivity index (χ4v) is 4.60. The molecule has 184 valence electrons. The third-order valence-corrected chi connectivity index (χ3v) is 6.47. The van der Waals surface area contributed by atoms with Crippen LogP contribution in [0.25, 0.3) is 0 Å². The van der Waals surface area contributed by atoms with E-state index in [0.717, 1.165) is 12.1 Å². The van der Waals surface area contributed by atoms with Crippen LogP contribution < -0.4 is 4.74 Å². The molecule has 1 aliphatic rings. The van der Waals surface area contributed by atoms with Gasteiger partial charge in [0.25, 0.3) is 0 Å². The molecule has 1 aromatic heterocycles. The van der Waals surface area contributed by atoms with E-state index in [-0.39, 0.29) is 22.9 Å². The van der Waals surface area contributed by atoms with Crippen LogP contribution in [0.4, 0.5) is 13.2 Å². The zero-order valence-corrected chi connectivity index (χ0v) is 20.4. The number of Topliss-reactive ketones (excluding diaryl/α,β-unsaturated/α-hetero) is 2. The maximum absolute atomic E-state index is 14.3. The Morgan fingerprint density at radius 3 is 2.38 bits per heavy atom. The average Bonchev–Trinajstić information content (AvgIpc) is 3.09. The zero-order chi connectivity index (χ0) is 25.4. The molecule has 0 bridgehead atoms. The first kappa shape index (κ1) is 26.1. The van der Waals surface area contributed by atoms with Crippen LogP contribution in [0.15, 0.2) is 24.3 Å². The Balaban J connectivity index is 1.82. The van der Waals surface area contributed by atoms with Crippen molar-refractivity contribution in [1.29, 1.82) is 0 Å². The van der Waals surface area contributed by atoms with Crippen LogP contribution >= 0.6 is 11.6 Å². The number of likely N-dealkylation sites (N-methyl/N-ethyl adjacent to an activating group) is 1. The van der Waals surface area contributed by atoms with E-state index in [2.05, 4.69) is 9.97 Å². The number of benzene rings is 1. The summed E-state index contributed by atoms with van der Waals surface area (Å²) in [5.41, 5.74) is -2.05. The maximum Gasteiger partial charge on any atom is 0.218 e. The van der Waals surface area contributed by atoms with Gasteiger partial charge >= 0.3 is 0 Å². The molecule has 2 aromatic rings. The first-order valence-corrected chi connectivity index (χ1v) is 11.3. The van der Waals surface area contributed by atoms with E-state index < -0.39 is 52.4 Å². The second kappa shape index (κ2) is 10.00. The van der Waals surface area contributed by atoms with Crippen molar-refractivity contribution < 1.29 is 27.5 Å². The normalized spacial score (nSPS) is 20.7. The van der Waals surface area contributed by atoms with Crippen molar-refractivity contribution >= 4 is 23.2 Å². The second-order valence-corrected chi connectivity index (χ2v) is 9.57. The lowest BCUT2D eigenvalue weighted by Gasteiger charge is -2.27. The molecule has 3 rings (SSSR count). The molecule has 6 nitrogen and oxygen atoms in total. The summed E-state index contributed by atoms with van der Waals surface area (Å²) in [7, 11) is 1.79. The number of carbonyl (C=O) groups excluding carboxylic acids is 2. The lowest BCUT2D eigenvalue weighted by atomic mass is 9.74. The Morgan fingerprint density at radius 2 is 1.82 bits per heavy atom. The van der Waals surface area contributed by atoms with Gasteiger partial charge in [-0.1, -0.05) is 17.7 Å². The van der Waals surface area contributed by atoms with Crippen molar-refractivity contribution in [1.82, 2.24) is 14.9 Å². The molecule has 0 amide bonds. The fraction of sp³-hybridized carbons (Fsp3) is 0.500. The highest BCUT2D eigenvalue weighted by Crippen LogP contribution is 2.33. The number of carbonyl (C=O) groups is 2. The fourth-order valence-electron chi connectivity index (χ4n) is 4.42. The molecule has 2 heterocycles. The Morgan fingerprint density at radius 1 is 1.21 bits per heavy atom. The van der Waals surface area contributed by atoms with Gasteiger partial charge in [-0.15, -0.1) is 0 Å². The van der Waals surface area contributed by atoms with Crippen molar-refractivity contribution in [2.75, 3.05) is 13.6 Å². The molecule has 0 N–H and O–H groups in total. The van der Waals surface area contributed by atoms with Gasteiger partial charge in [-0.05, 0) is 53.3 Å². The topological polar surface area (TPSA) is 72.4 Å². The van der Waals surface area contributed by atoms with Crippen LogP contribution in [0.2, 0.25) is 5.15 Å².